The molecule has 1 aliphatic rings. The molecule has 19 heavy (non-hydrogen) atoms. The summed E-state index contributed by atoms with van der Waals surface area (Å²) in [4.78, 5) is 12.1. The van der Waals surface area contributed by atoms with Crippen LogP contribution >= 0.6 is 11.8 Å². The lowest BCUT2D eigenvalue weighted by atomic mass is 10.0. The van der Waals surface area contributed by atoms with Gasteiger partial charge < -0.3 is 0 Å². The maximum atomic E-state index is 13.1. The van der Waals surface area contributed by atoms with Crippen molar-refractivity contribution in [2.75, 3.05) is 5.75 Å². The van der Waals surface area contributed by atoms with Gasteiger partial charge in [0.25, 0.3) is 0 Å². The van der Waals surface area contributed by atoms with E-state index in [-0.39, 0.29) is 16.6 Å². The molecule has 1 atom stereocenters. The predicted molar refractivity (Wildman–Crippen MR) is 65.8 cm³/mol. The van der Waals surface area contributed by atoms with Crippen molar-refractivity contribution in [1.82, 2.24) is 0 Å². The van der Waals surface area contributed by atoms with Gasteiger partial charge in [0.15, 0.2) is 5.78 Å². The maximum absolute atomic E-state index is 13.1. The minimum atomic E-state index is -4.78. The van der Waals surface area contributed by atoms with E-state index in [1.54, 1.807) is 0 Å². The molecule has 1 fully saturated rings. The van der Waals surface area contributed by atoms with Gasteiger partial charge in [-0.3, -0.25) is 4.79 Å². The van der Waals surface area contributed by atoms with Crippen LogP contribution in [0, 0.1) is 5.82 Å². The van der Waals surface area contributed by atoms with Crippen LogP contribution in [-0.2, 0) is 6.18 Å². The number of thioether (sulfide) groups is 1. The smallest absolute Gasteiger partial charge is 0.293 e. The number of rotatable bonds is 2. The Bertz CT molecular complexity index is 478. The number of halogens is 4. The minimum absolute atomic E-state index is 0.0619. The van der Waals surface area contributed by atoms with Gasteiger partial charge in [-0.2, -0.15) is 24.9 Å². The van der Waals surface area contributed by atoms with E-state index >= 15 is 0 Å². The number of alkyl halides is 3. The molecule has 1 unspecified atom stereocenters. The van der Waals surface area contributed by atoms with Crippen molar-refractivity contribution >= 4 is 17.5 Å². The third kappa shape index (κ3) is 3.29. The average molecular weight is 292 g/mol. The summed E-state index contributed by atoms with van der Waals surface area (Å²) in [5.74, 6) is -0.848. The standard InChI is InChI=1S/C13H12F4OS/c14-10-5-4-8(7-9(10)13(15,16)17)12(18)11-3-1-2-6-19-11/h4-5,7,11H,1-3,6H2. The molecule has 0 N–H and O–H groups in total. The Morgan fingerprint density at radius 2 is 2.00 bits per heavy atom. The van der Waals surface area contributed by atoms with Gasteiger partial charge in [-0.1, -0.05) is 6.42 Å². The highest BCUT2D eigenvalue weighted by Gasteiger charge is 2.35. The molecule has 6 heteroatoms. The van der Waals surface area contributed by atoms with Crippen LogP contribution in [0.1, 0.15) is 35.2 Å². The number of hydrogen-bond donors (Lipinski definition) is 0. The van der Waals surface area contributed by atoms with Gasteiger partial charge in [-0.25, -0.2) is 4.39 Å². The lowest BCUT2D eigenvalue weighted by molar-refractivity contribution is -0.140. The second-order valence-corrected chi connectivity index (χ2v) is 5.72. The molecule has 104 valence electrons. The zero-order valence-electron chi connectivity index (χ0n) is 9.97. The molecule has 0 bridgehead atoms. The van der Waals surface area contributed by atoms with Crippen LogP contribution in [0.25, 0.3) is 0 Å². The van der Waals surface area contributed by atoms with Crippen LogP contribution in [0.4, 0.5) is 17.6 Å². The number of carbonyl (C=O) groups is 1. The van der Waals surface area contributed by atoms with Crippen LogP contribution in [0.15, 0.2) is 18.2 Å². The molecule has 1 aromatic rings. The lowest BCUT2D eigenvalue weighted by Crippen LogP contribution is -2.22. The molecule has 1 aromatic carbocycles. The van der Waals surface area contributed by atoms with Crippen molar-refractivity contribution in [2.45, 2.75) is 30.7 Å². The summed E-state index contributed by atoms with van der Waals surface area (Å²) in [6.07, 6.45) is -2.19. The van der Waals surface area contributed by atoms with E-state index in [9.17, 15) is 22.4 Å². The third-order valence-electron chi connectivity index (χ3n) is 3.03. The largest absolute Gasteiger partial charge is 0.419 e. The first-order valence-corrected chi connectivity index (χ1v) is 6.97. The van der Waals surface area contributed by atoms with Crippen LogP contribution in [0.2, 0.25) is 0 Å². The van der Waals surface area contributed by atoms with Gasteiger partial charge in [0.05, 0.1) is 10.8 Å². The molecular weight excluding hydrogens is 280 g/mol. The second kappa shape index (κ2) is 5.53. The first-order chi connectivity index (χ1) is 8.89. The fourth-order valence-electron chi connectivity index (χ4n) is 2.03. The normalized spacial score (nSPS) is 20.3. The summed E-state index contributed by atoms with van der Waals surface area (Å²) in [5.41, 5.74) is -1.44. The van der Waals surface area contributed by atoms with Gasteiger partial charge in [-0.15, -0.1) is 0 Å². The highest BCUT2D eigenvalue weighted by Crippen LogP contribution is 2.33. The zero-order valence-corrected chi connectivity index (χ0v) is 10.8. The predicted octanol–water partition coefficient (Wildman–Crippen LogP) is 4.31. The van der Waals surface area contributed by atoms with E-state index in [0.717, 1.165) is 24.7 Å². The monoisotopic (exact) mass is 292 g/mol. The van der Waals surface area contributed by atoms with Gasteiger partial charge in [0.2, 0.25) is 0 Å². The average Bonchev–Trinajstić information content (AvgIpc) is 2.38. The minimum Gasteiger partial charge on any atom is -0.293 e. The Labute approximate surface area is 112 Å². The highest BCUT2D eigenvalue weighted by atomic mass is 32.2. The van der Waals surface area contributed by atoms with Crippen molar-refractivity contribution in [2.24, 2.45) is 0 Å². The molecule has 1 aliphatic heterocycles. The summed E-state index contributed by atoms with van der Waals surface area (Å²) >= 11 is 1.46. The van der Waals surface area contributed by atoms with Gasteiger partial charge in [0, 0.05) is 5.56 Å². The van der Waals surface area contributed by atoms with Crippen molar-refractivity contribution in [3.05, 3.63) is 35.1 Å². The Balaban J connectivity index is 2.27. The fraction of sp³-hybridized carbons (Fsp3) is 0.462. The van der Waals surface area contributed by atoms with E-state index < -0.39 is 17.6 Å². The molecule has 0 radical (unpaired) electrons. The summed E-state index contributed by atoms with van der Waals surface area (Å²) in [7, 11) is 0. The maximum Gasteiger partial charge on any atom is 0.419 e. The van der Waals surface area contributed by atoms with Crippen molar-refractivity contribution in [1.29, 1.82) is 0 Å². The summed E-state index contributed by atoms with van der Waals surface area (Å²) < 4.78 is 50.9. The quantitative estimate of drug-likeness (QED) is 0.596. The van der Waals surface area contributed by atoms with Gasteiger partial charge in [-0.05, 0) is 36.8 Å². The molecule has 0 amide bonds. The zero-order chi connectivity index (χ0) is 14.0. The second-order valence-electron chi connectivity index (χ2n) is 4.41. The molecule has 0 aliphatic carbocycles. The van der Waals surface area contributed by atoms with Crippen LogP contribution in [-0.4, -0.2) is 16.8 Å². The highest BCUT2D eigenvalue weighted by molar-refractivity contribution is 8.00. The van der Waals surface area contributed by atoms with Crippen LogP contribution in [0.3, 0.4) is 0 Å². The molecule has 1 heterocycles. The van der Waals surface area contributed by atoms with E-state index in [4.69, 9.17) is 0 Å². The van der Waals surface area contributed by atoms with Crippen LogP contribution < -0.4 is 0 Å². The van der Waals surface area contributed by atoms with Crippen molar-refractivity contribution in [3.8, 4) is 0 Å². The molecule has 0 spiro atoms. The Kier molecular flexibility index (Phi) is 4.18. The van der Waals surface area contributed by atoms with Crippen LogP contribution in [0.5, 0.6) is 0 Å². The third-order valence-corrected chi connectivity index (χ3v) is 4.40. The number of benzene rings is 1. The molecule has 2 rings (SSSR count). The molecule has 0 saturated carbocycles. The molecule has 1 saturated heterocycles. The summed E-state index contributed by atoms with van der Waals surface area (Å²) in [6, 6.07) is 2.46. The van der Waals surface area contributed by atoms with Crippen molar-refractivity contribution < 1.29 is 22.4 Å². The molecule has 1 nitrogen and oxygen atoms in total. The van der Waals surface area contributed by atoms with E-state index in [2.05, 4.69) is 0 Å². The first-order valence-electron chi connectivity index (χ1n) is 5.92. The van der Waals surface area contributed by atoms with E-state index in [1.165, 1.54) is 11.8 Å². The molecular formula is C13H12F4OS. The SMILES string of the molecule is O=C(c1ccc(F)c(C(F)(F)F)c1)C1CCCCS1. The molecule has 0 aromatic heterocycles. The van der Waals surface area contributed by atoms with E-state index in [0.29, 0.717) is 18.6 Å². The first kappa shape index (κ1) is 14.4. The summed E-state index contributed by atoms with van der Waals surface area (Å²) in [6.45, 7) is 0. The lowest BCUT2D eigenvalue weighted by Gasteiger charge is -2.20. The Morgan fingerprint density at radius 1 is 1.26 bits per heavy atom. The van der Waals surface area contributed by atoms with Gasteiger partial charge in [0.1, 0.15) is 5.82 Å². The Hall–Kier alpha value is -1.04. The van der Waals surface area contributed by atoms with E-state index in [1.807, 2.05) is 0 Å². The van der Waals surface area contributed by atoms with Gasteiger partial charge >= 0.3 is 6.18 Å². The number of hydrogen-bond acceptors (Lipinski definition) is 2. The Morgan fingerprint density at radius 3 is 2.58 bits per heavy atom. The number of ketones is 1. The fourth-order valence-corrected chi connectivity index (χ4v) is 3.31. The summed E-state index contributed by atoms with van der Waals surface area (Å²) in [5, 5.41) is -0.305. The topological polar surface area (TPSA) is 17.1 Å². The number of carbonyl (C=O) groups excluding carboxylic acids is 1. The van der Waals surface area contributed by atoms with Crippen molar-refractivity contribution in [3.63, 3.8) is 0 Å². The number of Topliss-reactive ketones (excluding diaryl/α,β-unsaturated/α-hetero) is 1.